The molecule has 0 N–H and O–H groups in total. The van der Waals surface area contributed by atoms with E-state index in [1.165, 1.54) is 4.88 Å². The molecule has 0 nitrogen and oxygen atoms in total. The Balaban J connectivity index is 2.47. The van der Waals surface area contributed by atoms with Crippen molar-refractivity contribution < 1.29 is 0 Å². The Labute approximate surface area is 64.2 Å². The molecule has 1 heterocycles. The van der Waals surface area contributed by atoms with Gasteiger partial charge in [-0.2, -0.15) is 0 Å². The third-order valence-corrected chi connectivity index (χ3v) is 32.2. The molecule has 0 saturated carbocycles. The summed E-state index contributed by atoms with van der Waals surface area (Å²) in [4.78, 5) is 1.38. The summed E-state index contributed by atoms with van der Waals surface area (Å²) in [7, 11) is -0.867. The summed E-state index contributed by atoms with van der Waals surface area (Å²) < 4.78 is 0.511. The summed E-state index contributed by atoms with van der Waals surface area (Å²) in [6, 6.07) is 0. The monoisotopic (exact) mass is 230 g/mol. The van der Waals surface area contributed by atoms with Gasteiger partial charge >= 0.3 is 64.3 Å². The van der Waals surface area contributed by atoms with Crippen molar-refractivity contribution >= 4 is 44.1 Å². The van der Waals surface area contributed by atoms with Crippen LogP contribution in [0.2, 0.25) is 16.4 Å². The normalized spacial score (nSPS) is 43.5. The van der Waals surface area contributed by atoms with Gasteiger partial charge in [0.25, 0.3) is 0 Å². The molecular formula is C4H10Cl2GeSi. The van der Waals surface area contributed by atoms with Gasteiger partial charge in [0.1, 0.15) is 0 Å². The molecule has 0 radical (unpaired) electrons. The molecule has 0 bridgehead atoms. The molecule has 0 amide bonds. The van der Waals surface area contributed by atoms with Gasteiger partial charge < -0.3 is 0 Å². The predicted molar refractivity (Wildman–Crippen MR) is 44.9 cm³/mol. The molecule has 48 valence electrons. The van der Waals surface area contributed by atoms with E-state index in [9.17, 15) is 0 Å². The van der Waals surface area contributed by atoms with Gasteiger partial charge in [-0.25, -0.2) is 0 Å². The fourth-order valence-corrected chi connectivity index (χ4v) is 30.6. The molecule has 2 unspecified atom stereocenters. The molecule has 1 saturated heterocycles. The van der Waals surface area contributed by atoms with Crippen LogP contribution < -0.4 is 0 Å². The van der Waals surface area contributed by atoms with Crippen LogP contribution in [0.15, 0.2) is 0 Å². The predicted octanol–water partition coefficient (Wildman–Crippen LogP) is 1.90. The Kier molecular flexibility index (Phi) is 2.03. The third-order valence-electron chi connectivity index (χ3n) is 1.79. The van der Waals surface area contributed by atoms with Gasteiger partial charge in [-0.3, -0.25) is 0 Å². The van der Waals surface area contributed by atoms with Gasteiger partial charge in [0.2, 0.25) is 0 Å². The molecule has 1 aliphatic heterocycles. The molecule has 8 heavy (non-hydrogen) atoms. The van der Waals surface area contributed by atoms with Crippen LogP contribution in [0.1, 0.15) is 0 Å². The van der Waals surface area contributed by atoms with Crippen molar-refractivity contribution in [1.29, 1.82) is 0 Å². The van der Waals surface area contributed by atoms with Crippen LogP contribution in [0.3, 0.4) is 0 Å². The van der Waals surface area contributed by atoms with Crippen LogP contribution in [0.5, 0.6) is 0 Å². The maximum absolute atomic E-state index is 6.00. The average molecular weight is 230 g/mol. The van der Waals surface area contributed by atoms with E-state index in [0.29, 0.717) is 3.83 Å². The molecule has 1 fully saturated rings. The maximum atomic E-state index is 6.00. The van der Waals surface area contributed by atoms with Crippen molar-refractivity contribution in [3.63, 3.8) is 0 Å². The zero-order valence-corrected chi connectivity index (χ0v) is 9.88. The summed E-state index contributed by atoms with van der Waals surface area (Å²) in [5.74, 6) is 4.73. The summed E-state index contributed by atoms with van der Waals surface area (Å²) >= 11 is 10.6. The zero-order chi connectivity index (χ0) is 6.36. The van der Waals surface area contributed by atoms with E-state index in [1.54, 1.807) is 0 Å². The van der Waals surface area contributed by atoms with E-state index in [4.69, 9.17) is 22.7 Å². The van der Waals surface area contributed by atoms with E-state index in [2.05, 4.69) is 11.5 Å². The number of alkyl halides is 1. The molecule has 0 aromatic rings. The second-order valence-corrected chi connectivity index (χ2v) is 22.2. The Bertz CT molecular complexity index is 106. The van der Waals surface area contributed by atoms with Crippen LogP contribution in [0.4, 0.5) is 0 Å². The first-order chi connectivity index (χ1) is 3.54. The van der Waals surface area contributed by atoms with E-state index in [1.807, 2.05) is 0 Å². The van der Waals surface area contributed by atoms with Crippen molar-refractivity contribution in [3.05, 3.63) is 0 Å². The molecule has 4 heteroatoms. The fraction of sp³-hybridized carbons (Fsp3) is 1.00. The summed E-state index contributed by atoms with van der Waals surface area (Å²) in [6.07, 6.45) is 0. The zero-order valence-electron chi connectivity index (χ0n) is 5.12. The second kappa shape index (κ2) is 2.18. The topological polar surface area (TPSA) is 0 Å². The average Bonchev–Trinajstić information content (AvgIpc) is 1.65. The van der Waals surface area contributed by atoms with Crippen LogP contribution in [0.25, 0.3) is 0 Å². The molecule has 0 aromatic carbocycles. The third kappa shape index (κ3) is 1.10. The first kappa shape index (κ1) is 7.45. The number of halogens is 2. The van der Waals surface area contributed by atoms with Gasteiger partial charge in [-0.15, -0.1) is 0 Å². The van der Waals surface area contributed by atoms with Crippen LogP contribution >= 0.6 is 22.7 Å². The first-order valence-electron chi connectivity index (χ1n) is 2.82. The second-order valence-electron chi connectivity index (χ2n) is 3.11. The van der Waals surface area contributed by atoms with Crippen LogP contribution in [-0.2, 0) is 0 Å². The van der Waals surface area contributed by atoms with Crippen molar-refractivity contribution in [2.45, 2.75) is 20.2 Å². The molecule has 1 aliphatic rings. The quantitative estimate of drug-likeness (QED) is 0.338. The van der Waals surface area contributed by atoms with Crippen molar-refractivity contribution in [2.75, 3.05) is 0 Å². The van der Waals surface area contributed by atoms with Gasteiger partial charge in [0, 0.05) is 0 Å². The Morgan fingerprint density at radius 1 is 1.62 bits per heavy atom. The summed E-state index contributed by atoms with van der Waals surface area (Å²) in [5.41, 5.74) is 0. The molecule has 0 spiro atoms. The van der Waals surface area contributed by atoms with Crippen molar-refractivity contribution in [2.24, 2.45) is 0 Å². The number of rotatable bonds is 0. The van der Waals surface area contributed by atoms with E-state index < -0.39 is 21.4 Å². The standard InChI is InChI=1S/C4H10Cl2GeSi/c1-7(2)3-8(6)4(7)5/h4,8H,3H2,1-2H3. The SMILES string of the molecule is [CH3][Ge]1([CH3])[CH2][SiH](Cl)[CH]1Cl. The van der Waals surface area contributed by atoms with Crippen molar-refractivity contribution in [3.8, 4) is 0 Å². The number of hydrogen-bond acceptors (Lipinski definition) is 0. The molecule has 0 aliphatic carbocycles. The molecule has 0 aromatic heterocycles. The van der Waals surface area contributed by atoms with Gasteiger partial charge in [0.05, 0.1) is 0 Å². The molecule has 2 atom stereocenters. The van der Waals surface area contributed by atoms with Gasteiger partial charge in [0.15, 0.2) is 0 Å². The number of hydrogen-bond donors (Lipinski definition) is 0. The van der Waals surface area contributed by atoms with Gasteiger partial charge in [-0.1, -0.05) is 0 Å². The minimum absolute atomic E-state index is 0.511. The van der Waals surface area contributed by atoms with Crippen LogP contribution in [-0.4, -0.2) is 25.2 Å². The summed E-state index contributed by atoms with van der Waals surface area (Å²) in [6.45, 7) is 0. The van der Waals surface area contributed by atoms with E-state index in [0.717, 1.165) is 0 Å². The Morgan fingerprint density at radius 3 is 2.12 bits per heavy atom. The van der Waals surface area contributed by atoms with Gasteiger partial charge in [-0.05, 0) is 0 Å². The summed E-state index contributed by atoms with van der Waals surface area (Å²) in [5, 5.41) is 0. The minimum atomic E-state index is -1.37. The first-order valence-corrected chi connectivity index (χ1v) is 13.4. The van der Waals surface area contributed by atoms with Crippen LogP contribution in [0, 0.1) is 0 Å². The molecule has 1 rings (SSSR count). The Morgan fingerprint density at radius 2 is 2.12 bits per heavy atom. The Hall–Kier alpha value is 1.34. The molecular weight excluding hydrogens is 220 g/mol. The van der Waals surface area contributed by atoms with E-state index >= 15 is 0 Å². The van der Waals surface area contributed by atoms with E-state index in [-0.39, 0.29) is 0 Å². The fourth-order valence-electron chi connectivity index (χ4n) is 1.05. The van der Waals surface area contributed by atoms with Crippen molar-refractivity contribution in [1.82, 2.24) is 0 Å².